The van der Waals surface area contributed by atoms with E-state index < -0.39 is 28.9 Å². The minimum absolute atomic E-state index is 0.144. The highest BCUT2D eigenvalue weighted by Gasteiger charge is 2.41. The molecule has 0 bridgehead atoms. The van der Waals surface area contributed by atoms with Gasteiger partial charge in [0.05, 0.1) is 17.8 Å². The van der Waals surface area contributed by atoms with Crippen LogP contribution in [0, 0.1) is 4.91 Å². The van der Waals surface area contributed by atoms with E-state index >= 15 is 0 Å². The van der Waals surface area contributed by atoms with Crippen LogP contribution in [0.4, 0.5) is 24.5 Å². The number of allylic oxidation sites excluding steroid dienone is 1. The maximum Gasteiger partial charge on any atom is 0.423 e. The van der Waals surface area contributed by atoms with Gasteiger partial charge >= 0.3 is 11.9 Å². The van der Waals surface area contributed by atoms with Crippen LogP contribution >= 0.6 is 0 Å². The van der Waals surface area contributed by atoms with Gasteiger partial charge in [-0.1, -0.05) is 20.8 Å². The molecule has 12 heteroatoms. The molecule has 1 aromatic heterocycles. The summed E-state index contributed by atoms with van der Waals surface area (Å²) in [6.45, 7) is 9.42. The van der Waals surface area contributed by atoms with E-state index in [1.54, 1.807) is 7.11 Å². The van der Waals surface area contributed by atoms with Crippen molar-refractivity contribution in [2.45, 2.75) is 59.2 Å². The third kappa shape index (κ3) is 8.88. The average Bonchev–Trinajstić information content (AvgIpc) is 3.27. The molecule has 0 aliphatic heterocycles. The molecule has 0 aliphatic rings. The summed E-state index contributed by atoms with van der Waals surface area (Å²) in [6.07, 6.45) is 0.369. The smallest absolute Gasteiger partial charge is 0.423 e. The first-order chi connectivity index (χ1) is 17.8. The number of carbonyl (C=O) groups is 1. The molecule has 0 saturated carbocycles. The maximum absolute atomic E-state index is 13.4. The van der Waals surface area contributed by atoms with Gasteiger partial charge in [0.1, 0.15) is 5.56 Å². The third-order valence-electron chi connectivity index (χ3n) is 5.57. The number of anilines is 1. The molecule has 1 aromatic carbocycles. The predicted molar refractivity (Wildman–Crippen MR) is 140 cm³/mol. The van der Waals surface area contributed by atoms with Crippen LogP contribution in [-0.4, -0.2) is 53.8 Å². The number of amides is 1. The zero-order chi connectivity index (χ0) is 29.1. The van der Waals surface area contributed by atoms with Crippen molar-refractivity contribution in [1.82, 2.24) is 10.3 Å². The Hall–Kier alpha value is -3.38. The molecular weight excluding hydrogens is 505 g/mol. The Morgan fingerprint density at radius 1 is 1.24 bits per heavy atom. The molecule has 0 spiro atoms. The van der Waals surface area contributed by atoms with Gasteiger partial charge < -0.3 is 25.5 Å². The molecule has 0 radical (unpaired) electrons. The van der Waals surface area contributed by atoms with Gasteiger partial charge in [0.25, 0.3) is 10.8 Å². The molecule has 1 amide bonds. The van der Waals surface area contributed by atoms with Crippen LogP contribution in [-0.2, 0) is 33.4 Å². The van der Waals surface area contributed by atoms with E-state index in [-0.39, 0.29) is 17.2 Å². The Kier molecular flexibility index (Phi) is 12.5. The van der Waals surface area contributed by atoms with Crippen LogP contribution in [0.5, 0.6) is 0 Å². The van der Waals surface area contributed by atoms with Crippen molar-refractivity contribution in [3.05, 3.63) is 57.4 Å². The van der Waals surface area contributed by atoms with Crippen LogP contribution < -0.4 is 10.6 Å². The first-order valence-electron chi connectivity index (χ1n) is 12.2. The summed E-state index contributed by atoms with van der Waals surface area (Å²) >= 11 is 0. The number of aromatic nitrogens is 1. The number of methoxy groups -OCH3 is 1. The standard InChI is InChI=1S/C24H31F3N4O5.C2H6/c1-6-20-18(11-15(2)35-4)16(13-29-20)9-10-28-14-23(3,33)22(32)30-17-7-8-21(31(34)36-5)19(12-17)24(25,26)27;1-2/h7-8,11-13,28-29,33H,6,9-10,14H2,1-5H3;1-2H3/p+1/b15-11+;. The number of carbonyl (C=O) groups excluding carboxylic acids is 1. The van der Waals surface area contributed by atoms with Gasteiger partial charge in [-0.3, -0.25) is 4.79 Å². The van der Waals surface area contributed by atoms with E-state index in [4.69, 9.17) is 4.74 Å². The molecule has 2 aromatic rings. The fourth-order valence-electron chi connectivity index (χ4n) is 3.46. The van der Waals surface area contributed by atoms with Gasteiger partial charge in [0.15, 0.2) is 12.7 Å². The SMILES string of the molecule is CC.CCc1[nH]cc(CCNCC(C)(O)C(=O)Nc2ccc([N+](=O)OC)c(C(F)(F)F)c2)c1/C=C(\C)OC. The number of hydrogen-bond donors (Lipinski definition) is 4. The summed E-state index contributed by atoms with van der Waals surface area (Å²) in [7, 11) is 2.53. The van der Waals surface area contributed by atoms with Crippen molar-refractivity contribution in [1.29, 1.82) is 0 Å². The van der Waals surface area contributed by atoms with Gasteiger partial charge in [-0.2, -0.15) is 13.2 Å². The average molecular weight is 544 g/mol. The number of nitrogens with zero attached hydrogens (tertiary/aromatic N) is 1. The second-order valence-corrected chi connectivity index (χ2v) is 8.34. The lowest BCUT2D eigenvalue weighted by Crippen LogP contribution is -2.48. The van der Waals surface area contributed by atoms with E-state index in [0.29, 0.717) is 19.0 Å². The Bertz CT molecular complexity index is 1110. The van der Waals surface area contributed by atoms with Crippen molar-refractivity contribution in [3.63, 3.8) is 0 Å². The summed E-state index contributed by atoms with van der Waals surface area (Å²) in [5, 5.41) is 15.9. The van der Waals surface area contributed by atoms with Crippen molar-refractivity contribution in [2.75, 3.05) is 32.6 Å². The molecule has 212 valence electrons. The maximum atomic E-state index is 13.4. The minimum Gasteiger partial charge on any atom is -0.501 e. The van der Waals surface area contributed by atoms with Crippen molar-refractivity contribution in [2.24, 2.45) is 0 Å². The topological polar surface area (TPSA) is 116 Å². The van der Waals surface area contributed by atoms with E-state index in [0.717, 1.165) is 48.2 Å². The van der Waals surface area contributed by atoms with E-state index in [9.17, 15) is 28.0 Å². The first-order valence-corrected chi connectivity index (χ1v) is 12.2. The number of ether oxygens (including phenoxy) is 1. The van der Waals surface area contributed by atoms with Gasteiger partial charge in [-0.25, -0.2) is 4.84 Å². The first kappa shape index (κ1) is 32.6. The minimum atomic E-state index is -4.87. The van der Waals surface area contributed by atoms with E-state index in [2.05, 4.69) is 20.5 Å². The fraction of sp³-hybridized carbons (Fsp3) is 0.500. The molecule has 1 atom stereocenters. The summed E-state index contributed by atoms with van der Waals surface area (Å²) in [6, 6.07) is 2.60. The van der Waals surface area contributed by atoms with Crippen LogP contribution in [0.25, 0.3) is 6.08 Å². The second kappa shape index (κ2) is 14.5. The number of H-pyrrole nitrogens is 1. The van der Waals surface area contributed by atoms with Crippen LogP contribution in [0.2, 0.25) is 0 Å². The van der Waals surface area contributed by atoms with Crippen molar-refractivity contribution >= 4 is 23.4 Å². The second-order valence-electron chi connectivity index (χ2n) is 8.34. The largest absolute Gasteiger partial charge is 0.501 e. The highest BCUT2D eigenvalue weighted by atomic mass is 19.4. The predicted octanol–water partition coefficient (Wildman–Crippen LogP) is 5.12. The quantitative estimate of drug-likeness (QED) is 0.168. The Labute approximate surface area is 220 Å². The highest BCUT2D eigenvalue weighted by molar-refractivity contribution is 5.97. The summed E-state index contributed by atoms with van der Waals surface area (Å²) in [4.78, 5) is 31.4. The molecule has 9 nitrogen and oxygen atoms in total. The van der Waals surface area contributed by atoms with Crippen molar-refractivity contribution < 1.29 is 37.6 Å². The number of aliphatic hydroxyl groups is 1. The number of hydrogen-bond acceptors (Lipinski definition) is 6. The lowest BCUT2D eigenvalue weighted by Gasteiger charge is -2.23. The number of aromatic amines is 1. The molecule has 0 saturated heterocycles. The van der Waals surface area contributed by atoms with Crippen LogP contribution in [0.1, 0.15) is 57.0 Å². The normalized spacial score (nSPS) is 13.2. The summed E-state index contributed by atoms with van der Waals surface area (Å²) < 4.78 is 45.4. The molecular formula is C26H38F3N4O5+. The van der Waals surface area contributed by atoms with Gasteiger partial charge in [-0.15, -0.1) is 0 Å². The number of benzene rings is 1. The van der Waals surface area contributed by atoms with Crippen LogP contribution in [0.15, 0.2) is 30.2 Å². The number of nitrogens with one attached hydrogen (secondary N) is 3. The summed E-state index contributed by atoms with van der Waals surface area (Å²) in [5.74, 6) is -0.152. The molecule has 1 unspecified atom stereocenters. The van der Waals surface area contributed by atoms with Crippen molar-refractivity contribution in [3.8, 4) is 0 Å². The zero-order valence-corrected chi connectivity index (χ0v) is 22.9. The molecule has 2 rings (SSSR count). The number of rotatable bonds is 12. The van der Waals surface area contributed by atoms with Crippen LogP contribution in [0.3, 0.4) is 0 Å². The Morgan fingerprint density at radius 3 is 2.45 bits per heavy atom. The molecule has 1 heterocycles. The zero-order valence-electron chi connectivity index (χ0n) is 22.9. The lowest BCUT2D eigenvalue weighted by atomic mass is 10.0. The third-order valence-corrected chi connectivity index (χ3v) is 5.57. The Morgan fingerprint density at radius 2 is 1.89 bits per heavy atom. The fourth-order valence-corrected chi connectivity index (χ4v) is 3.46. The summed E-state index contributed by atoms with van der Waals surface area (Å²) in [5.41, 5.74) is -1.09. The number of aryl methyl sites for hydroxylation is 1. The molecule has 4 N–H and O–H groups in total. The van der Waals surface area contributed by atoms with E-state index in [1.165, 1.54) is 6.92 Å². The van der Waals surface area contributed by atoms with Gasteiger partial charge in [0.2, 0.25) is 0 Å². The molecule has 0 fully saturated rings. The molecule has 0 aliphatic carbocycles. The number of halogens is 3. The monoisotopic (exact) mass is 543 g/mol. The highest BCUT2D eigenvalue weighted by Crippen LogP contribution is 2.37. The van der Waals surface area contributed by atoms with E-state index in [1.807, 2.05) is 40.0 Å². The Balaban J connectivity index is 0.00000352. The lowest BCUT2D eigenvalue weighted by molar-refractivity contribution is -0.737. The van der Waals surface area contributed by atoms with Gasteiger partial charge in [0, 0.05) is 35.8 Å². The molecule has 38 heavy (non-hydrogen) atoms. The number of alkyl halides is 3. The van der Waals surface area contributed by atoms with Gasteiger partial charge in [-0.05, 0) is 57.0 Å².